The molecule has 1 aromatic rings. The molecule has 1 aliphatic carbocycles. The third kappa shape index (κ3) is 2.54. The van der Waals surface area contributed by atoms with E-state index in [-0.39, 0.29) is 22.7 Å². The molecule has 0 heterocycles. The van der Waals surface area contributed by atoms with Gasteiger partial charge in [0.1, 0.15) is 11.5 Å². The van der Waals surface area contributed by atoms with Crippen LogP contribution >= 0.6 is 11.6 Å². The minimum absolute atomic E-state index is 0.0122. The molecule has 0 atom stereocenters. The van der Waals surface area contributed by atoms with E-state index < -0.39 is 0 Å². The predicted octanol–water partition coefficient (Wildman–Crippen LogP) is 2.99. The van der Waals surface area contributed by atoms with Gasteiger partial charge in [-0.3, -0.25) is 4.79 Å². The topological polar surface area (TPSA) is 55.8 Å². The van der Waals surface area contributed by atoms with E-state index in [4.69, 9.17) is 21.1 Å². The summed E-state index contributed by atoms with van der Waals surface area (Å²) in [4.78, 5) is 11.4. The number of ether oxygens (including phenoxy) is 2. The first-order chi connectivity index (χ1) is 9.08. The molecule has 102 valence electrons. The Labute approximate surface area is 116 Å². The lowest BCUT2D eigenvalue weighted by molar-refractivity contribution is -0.146. The van der Waals surface area contributed by atoms with Gasteiger partial charge in [0.2, 0.25) is 0 Å². The third-order valence-electron chi connectivity index (χ3n) is 3.27. The maximum Gasteiger partial charge on any atom is 0.309 e. The second kappa shape index (κ2) is 5.53. The van der Waals surface area contributed by atoms with Crippen molar-refractivity contribution in [2.75, 3.05) is 14.2 Å². The molecular formula is C14H15ClO4. The van der Waals surface area contributed by atoms with Gasteiger partial charge in [-0.1, -0.05) is 17.7 Å². The number of aromatic hydroxyl groups is 1. The van der Waals surface area contributed by atoms with Gasteiger partial charge in [0.05, 0.1) is 25.2 Å². The highest BCUT2D eigenvalue weighted by Crippen LogP contribution is 2.42. The second-order valence-electron chi connectivity index (χ2n) is 4.40. The second-order valence-corrected chi connectivity index (χ2v) is 4.78. The molecule has 0 radical (unpaired) electrons. The SMILES string of the molecule is COC(=O)C1CC(=C(OC)c2cccc(O)c2Cl)C1. The van der Waals surface area contributed by atoms with E-state index in [9.17, 15) is 9.90 Å². The van der Waals surface area contributed by atoms with Crippen LogP contribution in [0.3, 0.4) is 0 Å². The number of phenols is 1. The van der Waals surface area contributed by atoms with Gasteiger partial charge in [-0.05, 0) is 30.5 Å². The summed E-state index contributed by atoms with van der Waals surface area (Å²) in [7, 11) is 2.93. The number of rotatable bonds is 3. The summed E-state index contributed by atoms with van der Waals surface area (Å²) >= 11 is 6.06. The number of hydrogen-bond donors (Lipinski definition) is 1. The highest BCUT2D eigenvalue weighted by molar-refractivity contribution is 6.33. The number of allylic oxidation sites excluding steroid dienone is 1. The van der Waals surface area contributed by atoms with Gasteiger partial charge in [-0.15, -0.1) is 0 Å². The minimum atomic E-state index is -0.207. The maximum atomic E-state index is 11.4. The van der Waals surface area contributed by atoms with Gasteiger partial charge in [0, 0.05) is 5.56 Å². The lowest BCUT2D eigenvalue weighted by atomic mass is 9.78. The van der Waals surface area contributed by atoms with Gasteiger partial charge in [-0.25, -0.2) is 0 Å². The fourth-order valence-electron chi connectivity index (χ4n) is 2.19. The van der Waals surface area contributed by atoms with E-state index in [1.54, 1.807) is 19.2 Å². The molecule has 4 nitrogen and oxygen atoms in total. The molecule has 2 rings (SSSR count). The molecule has 0 aliphatic heterocycles. The standard InChI is InChI=1S/C14H15ClO4/c1-18-13(8-6-9(7-8)14(17)19-2)10-4-3-5-11(16)12(10)15/h3-5,9,16H,6-7H2,1-2H3. The lowest BCUT2D eigenvalue weighted by Gasteiger charge is -2.29. The lowest BCUT2D eigenvalue weighted by Crippen LogP contribution is -2.26. The van der Waals surface area contributed by atoms with E-state index >= 15 is 0 Å². The summed E-state index contributed by atoms with van der Waals surface area (Å²) < 4.78 is 10.1. The van der Waals surface area contributed by atoms with Crippen LogP contribution in [0.2, 0.25) is 5.02 Å². The van der Waals surface area contributed by atoms with Crippen LogP contribution in [0.4, 0.5) is 0 Å². The van der Waals surface area contributed by atoms with Crippen LogP contribution in [0.5, 0.6) is 5.75 Å². The molecule has 1 fully saturated rings. The Balaban J connectivity index is 2.27. The van der Waals surface area contributed by atoms with Gasteiger partial charge in [-0.2, -0.15) is 0 Å². The molecule has 5 heteroatoms. The number of benzene rings is 1. The van der Waals surface area contributed by atoms with Crippen LogP contribution in [0.25, 0.3) is 5.76 Å². The van der Waals surface area contributed by atoms with Crippen LogP contribution in [0.15, 0.2) is 23.8 Å². The molecule has 0 aromatic heterocycles. The smallest absolute Gasteiger partial charge is 0.309 e. The largest absolute Gasteiger partial charge is 0.506 e. The molecule has 1 N–H and O–H groups in total. The number of methoxy groups -OCH3 is 2. The number of halogens is 1. The first kappa shape index (κ1) is 13.7. The molecule has 0 bridgehead atoms. The zero-order valence-corrected chi connectivity index (χ0v) is 11.5. The van der Waals surface area contributed by atoms with E-state index in [2.05, 4.69) is 0 Å². The highest BCUT2D eigenvalue weighted by atomic mass is 35.5. The summed E-state index contributed by atoms with van der Waals surface area (Å²) in [6.07, 6.45) is 1.20. The zero-order valence-electron chi connectivity index (χ0n) is 10.8. The Bertz CT molecular complexity index is 528. The summed E-state index contributed by atoms with van der Waals surface area (Å²) in [5.74, 6) is 0.321. The van der Waals surface area contributed by atoms with E-state index in [1.807, 2.05) is 0 Å². The number of phenolic OH excluding ortho intramolecular Hbond substituents is 1. The quantitative estimate of drug-likeness (QED) is 0.684. The number of carbonyl (C=O) groups is 1. The van der Waals surface area contributed by atoms with Crippen molar-refractivity contribution in [3.63, 3.8) is 0 Å². The third-order valence-corrected chi connectivity index (χ3v) is 3.67. The first-order valence-corrected chi connectivity index (χ1v) is 6.28. The van der Waals surface area contributed by atoms with Crippen molar-refractivity contribution in [3.05, 3.63) is 34.4 Å². The van der Waals surface area contributed by atoms with E-state index in [0.29, 0.717) is 24.2 Å². The molecular weight excluding hydrogens is 268 g/mol. The van der Waals surface area contributed by atoms with Crippen molar-refractivity contribution in [2.24, 2.45) is 5.92 Å². The van der Waals surface area contributed by atoms with Crippen molar-refractivity contribution in [2.45, 2.75) is 12.8 Å². The van der Waals surface area contributed by atoms with Gasteiger partial charge >= 0.3 is 5.97 Å². The Morgan fingerprint density at radius 2 is 2.00 bits per heavy atom. The van der Waals surface area contributed by atoms with Crippen LogP contribution in [-0.2, 0) is 14.3 Å². The molecule has 1 saturated carbocycles. The summed E-state index contributed by atoms with van der Waals surface area (Å²) in [6.45, 7) is 0. The van der Waals surface area contributed by atoms with Gasteiger partial charge < -0.3 is 14.6 Å². The van der Waals surface area contributed by atoms with Crippen LogP contribution in [0.1, 0.15) is 18.4 Å². The Kier molecular flexibility index (Phi) is 4.00. The van der Waals surface area contributed by atoms with Crippen LogP contribution in [-0.4, -0.2) is 25.3 Å². The molecule has 0 spiro atoms. The van der Waals surface area contributed by atoms with E-state index in [0.717, 1.165) is 5.57 Å². The van der Waals surface area contributed by atoms with Crippen molar-refractivity contribution >= 4 is 23.3 Å². The van der Waals surface area contributed by atoms with Crippen molar-refractivity contribution in [1.82, 2.24) is 0 Å². The summed E-state index contributed by atoms with van der Waals surface area (Å²) in [5, 5.41) is 9.87. The molecule has 1 aliphatic rings. The fraction of sp³-hybridized carbons (Fsp3) is 0.357. The molecule has 1 aromatic carbocycles. The normalized spacial score (nSPS) is 17.6. The number of carbonyl (C=O) groups excluding carboxylic acids is 1. The van der Waals surface area contributed by atoms with Crippen LogP contribution in [0, 0.1) is 5.92 Å². The van der Waals surface area contributed by atoms with Crippen molar-refractivity contribution in [1.29, 1.82) is 0 Å². The maximum absolute atomic E-state index is 11.4. The Hall–Kier alpha value is -1.68. The fourth-order valence-corrected chi connectivity index (χ4v) is 2.41. The molecule has 0 amide bonds. The van der Waals surface area contributed by atoms with Crippen molar-refractivity contribution in [3.8, 4) is 5.75 Å². The predicted molar refractivity (Wildman–Crippen MR) is 71.8 cm³/mol. The summed E-state index contributed by atoms with van der Waals surface area (Å²) in [5.41, 5.74) is 1.65. The zero-order chi connectivity index (χ0) is 14.0. The average Bonchev–Trinajstić information content (AvgIpc) is 2.36. The van der Waals surface area contributed by atoms with Crippen molar-refractivity contribution < 1.29 is 19.4 Å². The first-order valence-electron chi connectivity index (χ1n) is 5.90. The van der Waals surface area contributed by atoms with Crippen LogP contribution < -0.4 is 0 Å². The molecule has 0 unspecified atom stereocenters. The molecule has 0 saturated heterocycles. The number of esters is 1. The van der Waals surface area contributed by atoms with Gasteiger partial charge in [0.25, 0.3) is 0 Å². The average molecular weight is 283 g/mol. The number of hydrogen-bond acceptors (Lipinski definition) is 4. The molecule has 19 heavy (non-hydrogen) atoms. The summed E-state index contributed by atoms with van der Waals surface area (Å²) in [6, 6.07) is 4.99. The van der Waals surface area contributed by atoms with E-state index in [1.165, 1.54) is 13.2 Å². The Morgan fingerprint density at radius 1 is 1.32 bits per heavy atom. The monoisotopic (exact) mass is 282 g/mol. The highest BCUT2D eigenvalue weighted by Gasteiger charge is 2.34. The minimum Gasteiger partial charge on any atom is -0.506 e. The Morgan fingerprint density at radius 3 is 2.58 bits per heavy atom. The van der Waals surface area contributed by atoms with Gasteiger partial charge in [0.15, 0.2) is 0 Å².